The van der Waals surface area contributed by atoms with Gasteiger partial charge in [0.05, 0.1) is 14.9 Å². The number of hydrogen-bond acceptors (Lipinski definition) is 9. The number of carbonyl (C=O) groups excluding carboxylic acids is 1. The molecule has 1 heterocycles. The maximum absolute atomic E-state index is 14.7. The van der Waals surface area contributed by atoms with Gasteiger partial charge in [0.1, 0.15) is 17.4 Å². The molecule has 0 spiro atoms. The fraction of sp³-hybridized carbons (Fsp3) is 0.333. The number of methoxy groups -OCH3 is 1. The molecule has 182 valence electrons. The van der Waals surface area contributed by atoms with Gasteiger partial charge in [0.15, 0.2) is 14.6 Å². The summed E-state index contributed by atoms with van der Waals surface area (Å²) in [5.41, 5.74) is -0.142. The van der Waals surface area contributed by atoms with Crippen LogP contribution in [0.15, 0.2) is 35.3 Å². The van der Waals surface area contributed by atoms with Gasteiger partial charge in [0, 0.05) is 42.3 Å². The zero-order valence-electron chi connectivity index (χ0n) is 17.5. The Kier molecular flexibility index (Phi) is 7.82. The molecule has 2 aromatic rings. The van der Waals surface area contributed by atoms with Gasteiger partial charge >= 0.3 is 0 Å². The number of ether oxygens (including phenoxy) is 1. The summed E-state index contributed by atoms with van der Waals surface area (Å²) in [5.74, 6) is -3.16. The molecule has 33 heavy (non-hydrogen) atoms. The number of nitrogens with one attached hydrogen (secondary N) is 1. The molecule has 0 saturated carbocycles. The van der Waals surface area contributed by atoms with Crippen molar-refractivity contribution in [1.82, 2.24) is 10.0 Å². The smallest absolute Gasteiger partial charge is 0.265 e. The SMILES string of the molecule is COc1ccc(-c2cc(=O)n(CC[C@](C)(C(=O)NOP(=O)([O-])[O-])S(C)(=O)=O)cc2F)c(F)c1. The van der Waals surface area contributed by atoms with Crippen LogP contribution in [0.25, 0.3) is 11.1 Å². The van der Waals surface area contributed by atoms with Gasteiger partial charge in [0.25, 0.3) is 11.5 Å². The van der Waals surface area contributed by atoms with Crippen LogP contribution in [-0.4, -0.2) is 37.0 Å². The summed E-state index contributed by atoms with van der Waals surface area (Å²) in [6, 6.07) is 4.38. The molecule has 1 atom stereocenters. The average molecular weight is 508 g/mol. The summed E-state index contributed by atoms with van der Waals surface area (Å²) in [4.78, 5) is 45.8. The number of phosphoric acid groups is 1. The molecule has 2 rings (SSSR count). The monoisotopic (exact) mass is 508 g/mol. The molecule has 0 unspecified atom stereocenters. The highest BCUT2D eigenvalue weighted by Gasteiger charge is 2.43. The molecule has 1 N–H and O–H groups in total. The van der Waals surface area contributed by atoms with Crippen LogP contribution in [0, 0.1) is 11.6 Å². The van der Waals surface area contributed by atoms with Gasteiger partial charge in [0.2, 0.25) is 0 Å². The molecule has 11 nitrogen and oxygen atoms in total. The molecule has 0 aliphatic heterocycles. The number of halogens is 2. The Morgan fingerprint density at radius 1 is 1.21 bits per heavy atom. The molecule has 1 aromatic heterocycles. The molecule has 1 amide bonds. The quantitative estimate of drug-likeness (QED) is 0.358. The molecule has 0 aliphatic carbocycles. The predicted octanol–water partition coefficient (Wildman–Crippen LogP) is -0.128. The minimum absolute atomic E-state index is 0.178. The van der Waals surface area contributed by atoms with Crippen molar-refractivity contribution in [3.05, 3.63) is 52.5 Å². The van der Waals surface area contributed by atoms with Crippen molar-refractivity contribution in [2.45, 2.75) is 24.6 Å². The molecule has 0 bridgehead atoms. The van der Waals surface area contributed by atoms with Gasteiger partial charge < -0.3 is 23.7 Å². The fourth-order valence-corrected chi connectivity index (χ4v) is 3.81. The Bertz CT molecular complexity index is 1280. The first-order chi connectivity index (χ1) is 15.1. The Balaban J connectivity index is 2.34. The van der Waals surface area contributed by atoms with E-state index in [1.807, 2.05) is 0 Å². The second-order valence-electron chi connectivity index (χ2n) is 7.14. The highest BCUT2D eigenvalue weighted by molar-refractivity contribution is 7.92. The number of amides is 1. The lowest BCUT2D eigenvalue weighted by molar-refractivity contribution is -0.345. The summed E-state index contributed by atoms with van der Waals surface area (Å²) in [7, 11) is -8.58. The zero-order chi connectivity index (χ0) is 25.2. The van der Waals surface area contributed by atoms with Crippen LogP contribution in [0.4, 0.5) is 8.78 Å². The molecule has 0 aliphatic rings. The van der Waals surface area contributed by atoms with Gasteiger partial charge in [-0.25, -0.2) is 27.3 Å². The van der Waals surface area contributed by atoms with Crippen molar-refractivity contribution < 1.29 is 45.7 Å². The Labute approximate surface area is 187 Å². The fourth-order valence-electron chi connectivity index (χ4n) is 2.77. The van der Waals surface area contributed by atoms with Crippen LogP contribution in [-0.2, 0) is 30.4 Å². The zero-order valence-corrected chi connectivity index (χ0v) is 19.2. The molecular weight excluding hydrogens is 489 g/mol. The van der Waals surface area contributed by atoms with E-state index in [1.54, 1.807) is 0 Å². The molecule has 0 saturated heterocycles. The Morgan fingerprint density at radius 2 is 1.85 bits per heavy atom. The standard InChI is InChI=1S/C18H21F2N2O9PS/c1-18(33(3,28)29,17(24)21-31-32(25,26)27)6-7-22-10-15(20)13(9-16(22)23)12-5-4-11(30-2)8-14(12)19/h4-5,8-10H,6-7H2,1-3H3,(H,21,24)(H2,25,26,27)/p-2/t18-/m1/s1. The number of aromatic nitrogens is 1. The third kappa shape index (κ3) is 6.24. The molecule has 1 aromatic carbocycles. The van der Waals surface area contributed by atoms with Crippen LogP contribution in [0.5, 0.6) is 5.75 Å². The van der Waals surface area contributed by atoms with Crippen LogP contribution in [0.1, 0.15) is 13.3 Å². The number of pyridine rings is 1. The summed E-state index contributed by atoms with van der Waals surface area (Å²) >= 11 is 0. The number of nitrogens with zero attached hydrogens (tertiary/aromatic N) is 1. The third-order valence-electron chi connectivity index (χ3n) is 4.92. The molecular formula is C18H19F2N2O9PS-2. The second kappa shape index (κ2) is 9.69. The number of aryl methyl sites for hydroxylation is 1. The number of hydrogen-bond donors (Lipinski definition) is 1. The van der Waals surface area contributed by atoms with E-state index in [9.17, 15) is 41.1 Å². The van der Waals surface area contributed by atoms with Crippen molar-refractivity contribution in [3.63, 3.8) is 0 Å². The lowest BCUT2D eigenvalue weighted by Gasteiger charge is -2.31. The van der Waals surface area contributed by atoms with E-state index in [4.69, 9.17) is 4.74 Å². The molecule has 15 heteroatoms. The van der Waals surface area contributed by atoms with Gasteiger partial charge in [-0.1, -0.05) is 0 Å². The minimum atomic E-state index is -5.65. The topological polar surface area (TPSA) is 167 Å². The van der Waals surface area contributed by atoms with Crippen molar-refractivity contribution in [2.24, 2.45) is 0 Å². The van der Waals surface area contributed by atoms with Crippen LogP contribution >= 0.6 is 7.82 Å². The first-order valence-corrected chi connectivity index (χ1v) is 12.4. The number of benzene rings is 1. The van der Waals surface area contributed by atoms with E-state index in [2.05, 4.69) is 4.62 Å². The van der Waals surface area contributed by atoms with Crippen LogP contribution < -0.4 is 25.6 Å². The summed E-state index contributed by atoms with van der Waals surface area (Å²) in [5, 5.41) is 0. The number of sulfone groups is 1. The second-order valence-corrected chi connectivity index (χ2v) is 10.7. The number of carbonyl (C=O) groups is 1. The Morgan fingerprint density at radius 3 is 2.36 bits per heavy atom. The predicted molar refractivity (Wildman–Crippen MR) is 107 cm³/mol. The lowest BCUT2D eigenvalue weighted by Crippen LogP contribution is -2.51. The van der Waals surface area contributed by atoms with Gasteiger partial charge in [-0.3, -0.25) is 9.59 Å². The maximum atomic E-state index is 14.7. The van der Waals surface area contributed by atoms with Crippen molar-refractivity contribution in [1.29, 1.82) is 0 Å². The highest BCUT2D eigenvalue weighted by Crippen LogP contribution is 2.28. The number of rotatable bonds is 9. The van der Waals surface area contributed by atoms with Gasteiger partial charge in [-0.2, -0.15) is 0 Å². The lowest BCUT2D eigenvalue weighted by atomic mass is 10.0. The summed E-state index contributed by atoms with van der Waals surface area (Å²) < 4.78 is 70.7. The van der Waals surface area contributed by atoms with Crippen molar-refractivity contribution in [3.8, 4) is 16.9 Å². The van der Waals surface area contributed by atoms with Crippen LogP contribution in [0.3, 0.4) is 0 Å². The summed E-state index contributed by atoms with van der Waals surface area (Å²) in [6.45, 7) is 0.397. The van der Waals surface area contributed by atoms with E-state index >= 15 is 0 Å². The Hall–Kier alpha value is -2.64. The van der Waals surface area contributed by atoms with Crippen molar-refractivity contribution >= 4 is 23.6 Å². The molecule has 0 fully saturated rings. The number of hydroxylamine groups is 1. The first-order valence-electron chi connectivity index (χ1n) is 9.03. The van der Waals surface area contributed by atoms with Gasteiger partial charge in [-0.15, -0.1) is 0 Å². The van der Waals surface area contributed by atoms with Gasteiger partial charge in [-0.05, 0) is 25.5 Å². The first kappa shape index (κ1) is 26.6. The molecule has 0 radical (unpaired) electrons. The van der Waals surface area contributed by atoms with E-state index in [0.29, 0.717) is 12.5 Å². The third-order valence-corrected chi connectivity index (χ3v) is 7.26. The average Bonchev–Trinajstić information content (AvgIpc) is 2.70. The maximum Gasteiger partial charge on any atom is 0.265 e. The van der Waals surface area contributed by atoms with E-state index in [-0.39, 0.29) is 16.9 Å². The highest BCUT2D eigenvalue weighted by atomic mass is 32.2. The van der Waals surface area contributed by atoms with E-state index in [1.165, 1.54) is 24.7 Å². The van der Waals surface area contributed by atoms with Crippen molar-refractivity contribution in [2.75, 3.05) is 13.4 Å². The summed E-state index contributed by atoms with van der Waals surface area (Å²) in [6.07, 6.45) is 0.750. The van der Waals surface area contributed by atoms with Crippen LogP contribution in [0.2, 0.25) is 0 Å². The van der Waals surface area contributed by atoms with E-state index < -0.39 is 58.5 Å². The largest absolute Gasteiger partial charge is 0.788 e. The van der Waals surface area contributed by atoms with E-state index in [0.717, 1.165) is 23.6 Å². The normalized spacial score (nSPS) is 13.9. The minimum Gasteiger partial charge on any atom is -0.788 e.